The van der Waals surface area contributed by atoms with Crippen molar-refractivity contribution in [2.24, 2.45) is 20.4 Å². The highest BCUT2D eigenvalue weighted by molar-refractivity contribution is 7.93. The highest BCUT2D eigenvalue weighted by atomic mass is 32.2. The van der Waals surface area contributed by atoms with Gasteiger partial charge in [0.2, 0.25) is 10.0 Å². The molecule has 2 aliphatic heterocycles. The summed E-state index contributed by atoms with van der Waals surface area (Å²) in [5, 5.41) is 12.2. The van der Waals surface area contributed by atoms with Crippen LogP contribution in [-0.2, 0) is 10.0 Å². The molecule has 0 saturated heterocycles. The fraction of sp³-hybridized carbons (Fsp3) is 0.167. The second-order valence-corrected chi connectivity index (χ2v) is 4.25. The molecule has 0 bridgehead atoms. The third kappa shape index (κ3) is 1.43. The van der Waals surface area contributed by atoms with E-state index in [0.717, 1.165) is 0 Å². The van der Waals surface area contributed by atoms with Gasteiger partial charge in [-0.15, -0.1) is 5.11 Å². The lowest BCUT2D eigenvalue weighted by molar-refractivity contribution is 0.602. The molecule has 0 aromatic rings. The molecule has 13 heavy (non-hydrogen) atoms. The van der Waals surface area contributed by atoms with Crippen LogP contribution < -0.4 is 5.14 Å². The first-order chi connectivity index (χ1) is 6.07. The van der Waals surface area contributed by atoms with Gasteiger partial charge in [0, 0.05) is 18.2 Å². The number of rotatable bonds is 1. The van der Waals surface area contributed by atoms with Gasteiger partial charge in [-0.05, 0) is 0 Å². The molecule has 0 amide bonds. The number of primary sulfonamides is 1. The third-order valence-corrected chi connectivity index (χ3v) is 2.69. The second-order valence-electron chi connectivity index (χ2n) is 2.64. The minimum atomic E-state index is -3.63. The molecule has 6 nitrogen and oxygen atoms in total. The fourth-order valence-corrected chi connectivity index (χ4v) is 1.61. The maximum Gasteiger partial charge on any atom is 0.236 e. The van der Waals surface area contributed by atoms with Crippen molar-refractivity contribution < 1.29 is 8.42 Å². The molecular formula is C6H6N4O2S. The van der Waals surface area contributed by atoms with Crippen molar-refractivity contribution in [3.63, 3.8) is 0 Å². The Bertz CT molecular complexity index is 469. The maximum absolute atomic E-state index is 10.9. The molecule has 0 aromatic carbocycles. The summed E-state index contributed by atoms with van der Waals surface area (Å²) in [5.41, 5.74) is 0.687. The Balaban J connectivity index is 2.42. The first-order valence-corrected chi connectivity index (χ1v) is 5.02. The van der Waals surface area contributed by atoms with E-state index in [2.05, 4.69) is 15.2 Å². The van der Waals surface area contributed by atoms with Gasteiger partial charge in [0.1, 0.15) is 0 Å². The van der Waals surface area contributed by atoms with Crippen LogP contribution >= 0.6 is 0 Å². The molecule has 0 saturated carbocycles. The first-order valence-electron chi connectivity index (χ1n) is 3.47. The van der Waals surface area contributed by atoms with Crippen molar-refractivity contribution in [2.45, 2.75) is 6.42 Å². The van der Waals surface area contributed by atoms with Gasteiger partial charge in [-0.2, -0.15) is 5.11 Å². The van der Waals surface area contributed by atoms with E-state index < -0.39 is 10.0 Å². The molecule has 0 atom stereocenters. The van der Waals surface area contributed by atoms with Crippen molar-refractivity contribution in [1.82, 2.24) is 0 Å². The minimum absolute atomic E-state index is 0.0924. The van der Waals surface area contributed by atoms with Crippen molar-refractivity contribution in [2.75, 3.05) is 0 Å². The first kappa shape index (κ1) is 8.27. The smallest absolute Gasteiger partial charge is 0.234 e. The lowest BCUT2D eigenvalue weighted by atomic mass is 10.1. The van der Waals surface area contributed by atoms with Crippen LogP contribution in [0.2, 0.25) is 0 Å². The zero-order chi connectivity index (χ0) is 9.47. The highest BCUT2D eigenvalue weighted by Gasteiger charge is 2.22. The molecule has 0 unspecified atom stereocenters. The van der Waals surface area contributed by atoms with Gasteiger partial charge < -0.3 is 0 Å². The molecule has 0 spiro atoms. The van der Waals surface area contributed by atoms with Gasteiger partial charge in [0.05, 0.1) is 11.1 Å². The number of hydrogen-bond donors (Lipinski definition) is 1. The van der Waals surface area contributed by atoms with Crippen LogP contribution in [0.3, 0.4) is 0 Å². The summed E-state index contributed by atoms with van der Waals surface area (Å²) in [7, 11) is -3.63. The van der Waals surface area contributed by atoms with Crippen LogP contribution in [0, 0.1) is 0 Å². The molecule has 0 aliphatic carbocycles. The number of amidine groups is 1. The average molecular weight is 198 g/mol. The van der Waals surface area contributed by atoms with Crippen LogP contribution in [0.15, 0.2) is 38.1 Å². The summed E-state index contributed by atoms with van der Waals surface area (Å²) < 4.78 is 21.9. The van der Waals surface area contributed by atoms with Crippen molar-refractivity contribution in [3.8, 4) is 0 Å². The van der Waals surface area contributed by atoms with E-state index in [0.29, 0.717) is 11.4 Å². The molecule has 2 heterocycles. The molecule has 2 rings (SSSR count). The molecule has 0 radical (unpaired) electrons. The summed E-state index contributed by atoms with van der Waals surface area (Å²) >= 11 is 0. The average Bonchev–Trinajstić information content (AvgIpc) is 2.47. The summed E-state index contributed by atoms with van der Waals surface area (Å²) in [6.07, 6.45) is 2.92. The van der Waals surface area contributed by atoms with Gasteiger partial charge in [-0.3, -0.25) is 0 Å². The van der Waals surface area contributed by atoms with Crippen LogP contribution in [0.1, 0.15) is 6.42 Å². The Hall–Kier alpha value is -1.34. The number of nitrogens with two attached hydrogens (primary N) is 1. The van der Waals surface area contributed by atoms with E-state index in [4.69, 9.17) is 5.14 Å². The van der Waals surface area contributed by atoms with Gasteiger partial charge in [-0.1, -0.05) is 0 Å². The Morgan fingerprint density at radius 2 is 2.15 bits per heavy atom. The predicted octanol–water partition coefficient (Wildman–Crippen LogP) is 0.268. The lowest BCUT2D eigenvalue weighted by Gasteiger charge is -2.08. The number of nitrogens with zero attached hydrogens (tertiary/aromatic N) is 3. The number of allylic oxidation sites excluding steroid dienone is 1. The topological polar surface area (TPSA) is 97.2 Å². The summed E-state index contributed by atoms with van der Waals surface area (Å²) in [6, 6.07) is 0. The summed E-state index contributed by atoms with van der Waals surface area (Å²) in [6.45, 7) is 0. The van der Waals surface area contributed by atoms with Crippen molar-refractivity contribution in [1.29, 1.82) is 0 Å². The molecular weight excluding hydrogens is 192 g/mol. The van der Waals surface area contributed by atoms with Gasteiger partial charge in [0.25, 0.3) is 0 Å². The Morgan fingerprint density at radius 3 is 2.85 bits per heavy atom. The van der Waals surface area contributed by atoms with Gasteiger partial charge in [-0.25, -0.2) is 18.5 Å². The lowest BCUT2D eigenvalue weighted by Crippen LogP contribution is -2.17. The van der Waals surface area contributed by atoms with E-state index in [1.165, 1.54) is 12.4 Å². The Kier molecular flexibility index (Phi) is 1.64. The highest BCUT2D eigenvalue weighted by Crippen LogP contribution is 2.24. The summed E-state index contributed by atoms with van der Waals surface area (Å²) in [4.78, 5) is 3.90. The molecule has 0 aromatic heterocycles. The second kappa shape index (κ2) is 2.57. The van der Waals surface area contributed by atoms with E-state index in [-0.39, 0.29) is 11.3 Å². The number of hydrogen-bond acceptors (Lipinski definition) is 5. The monoisotopic (exact) mass is 198 g/mol. The molecule has 2 aliphatic rings. The number of aliphatic imine (C=N–C) groups is 1. The molecule has 68 valence electrons. The Labute approximate surface area is 74.6 Å². The third-order valence-electron chi connectivity index (χ3n) is 1.71. The van der Waals surface area contributed by atoms with Crippen molar-refractivity contribution >= 4 is 15.9 Å². The van der Waals surface area contributed by atoms with Crippen LogP contribution in [0.25, 0.3) is 0 Å². The van der Waals surface area contributed by atoms with E-state index in [9.17, 15) is 8.42 Å². The Morgan fingerprint density at radius 1 is 1.38 bits per heavy atom. The van der Waals surface area contributed by atoms with Crippen LogP contribution in [-0.4, -0.2) is 14.3 Å². The van der Waals surface area contributed by atoms with Crippen LogP contribution in [0.4, 0.5) is 0 Å². The van der Waals surface area contributed by atoms with Crippen LogP contribution in [0.5, 0.6) is 0 Å². The zero-order valence-corrected chi connectivity index (χ0v) is 7.32. The van der Waals surface area contributed by atoms with E-state index in [1.54, 1.807) is 0 Å². The number of azo groups is 1. The minimum Gasteiger partial charge on any atom is -0.234 e. The fourth-order valence-electron chi connectivity index (χ4n) is 1.05. The molecule has 7 heteroatoms. The van der Waals surface area contributed by atoms with Gasteiger partial charge in [0.15, 0.2) is 5.84 Å². The number of fused-ring (bicyclic) bond motifs is 1. The normalized spacial score (nSPS) is 20.5. The van der Waals surface area contributed by atoms with E-state index in [1.807, 2.05) is 0 Å². The quantitative estimate of drug-likeness (QED) is 0.654. The zero-order valence-electron chi connectivity index (χ0n) is 6.51. The SMILES string of the molecule is NS(=O)(=O)C1=CN=C2N=NC=C2C1. The summed E-state index contributed by atoms with van der Waals surface area (Å²) in [5.74, 6) is 0.465. The van der Waals surface area contributed by atoms with Crippen molar-refractivity contribution in [3.05, 3.63) is 22.9 Å². The predicted molar refractivity (Wildman–Crippen MR) is 46.2 cm³/mol. The standard InChI is InChI=1S/C6H6N4O2S/c7-13(11,12)5-1-4-2-9-10-6(4)8-3-5/h2-3H,1H2,(H2,7,11,12). The molecule has 2 N–H and O–H groups in total. The van der Waals surface area contributed by atoms with Gasteiger partial charge >= 0.3 is 0 Å². The number of sulfonamides is 1. The molecule has 0 fully saturated rings. The maximum atomic E-state index is 10.9. The largest absolute Gasteiger partial charge is 0.236 e. The van der Waals surface area contributed by atoms with E-state index >= 15 is 0 Å².